The second-order valence-corrected chi connectivity index (χ2v) is 3.85. The lowest BCUT2D eigenvalue weighted by atomic mass is 10.2. The van der Waals surface area contributed by atoms with E-state index in [0.29, 0.717) is 17.0 Å². The van der Waals surface area contributed by atoms with Crippen molar-refractivity contribution in [3.63, 3.8) is 0 Å². The molecule has 2 aromatic heterocycles. The molecule has 3 aromatic rings. The Hall–Kier alpha value is -2.97. The quantitative estimate of drug-likeness (QED) is 0.562. The normalized spacial score (nSPS) is 10.8. The Morgan fingerprint density at radius 3 is 2.79 bits per heavy atom. The number of rotatable bonds is 3. The molecule has 0 saturated carbocycles. The number of anilines is 2. The number of hydrogen-bond acceptors (Lipinski definition) is 7. The number of fused-ring (bicyclic) bond motifs is 1. The molecular weight excluding hydrogens is 252 g/mol. The molecule has 0 radical (unpaired) electrons. The van der Waals surface area contributed by atoms with Gasteiger partial charge in [0.1, 0.15) is 0 Å². The molecule has 2 heterocycles. The summed E-state index contributed by atoms with van der Waals surface area (Å²) in [5.74, 6) is 0.598. The van der Waals surface area contributed by atoms with Crippen LogP contribution >= 0.6 is 0 Å². The average molecular weight is 260 g/mol. The number of aryl methyl sites for hydroxylation is 1. The lowest BCUT2D eigenvalue weighted by molar-refractivity contribution is -0.383. The zero-order valence-electron chi connectivity index (χ0n) is 9.77. The maximum absolute atomic E-state index is 10.8. The van der Waals surface area contributed by atoms with E-state index < -0.39 is 4.92 Å². The highest BCUT2D eigenvalue weighted by molar-refractivity contribution is 5.94. The highest BCUT2D eigenvalue weighted by Gasteiger charge is 2.19. The van der Waals surface area contributed by atoms with Gasteiger partial charge in [0.05, 0.1) is 10.6 Å². The van der Waals surface area contributed by atoms with Gasteiger partial charge in [-0.25, -0.2) is 4.63 Å². The van der Waals surface area contributed by atoms with Gasteiger partial charge in [-0.2, -0.15) is 5.10 Å². The minimum Gasteiger partial charge on any atom is -0.337 e. The van der Waals surface area contributed by atoms with Gasteiger partial charge < -0.3 is 5.32 Å². The number of non-ortho nitro benzene ring substituents is 1. The van der Waals surface area contributed by atoms with Gasteiger partial charge in [0.2, 0.25) is 5.52 Å². The van der Waals surface area contributed by atoms with Crippen molar-refractivity contribution in [3.05, 3.63) is 34.5 Å². The van der Waals surface area contributed by atoms with Gasteiger partial charge >= 0.3 is 5.69 Å². The molecule has 0 atom stereocenters. The Morgan fingerprint density at radius 1 is 1.32 bits per heavy atom. The Labute approximate surface area is 105 Å². The fraction of sp³-hybridized carbons (Fsp3) is 0.100. The van der Waals surface area contributed by atoms with E-state index >= 15 is 0 Å². The number of nitro groups is 1. The first-order valence-corrected chi connectivity index (χ1v) is 5.31. The van der Waals surface area contributed by atoms with E-state index in [4.69, 9.17) is 0 Å². The molecule has 9 nitrogen and oxygen atoms in total. The predicted octanol–water partition coefficient (Wildman–Crippen LogP) is 1.61. The van der Waals surface area contributed by atoms with Gasteiger partial charge in [-0.1, -0.05) is 0 Å². The van der Waals surface area contributed by atoms with Crippen LogP contribution in [-0.2, 0) is 7.05 Å². The molecule has 0 aliphatic heterocycles. The maximum Gasteiger partial charge on any atom is 0.300 e. The van der Waals surface area contributed by atoms with Gasteiger partial charge in [-0.15, -0.1) is 0 Å². The summed E-state index contributed by atoms with van der Waals surface area (Å²) in [5, 5.41) is 25.2. The van der Waals surface area contributed by atoms with Gasteiger partial charge in [0.25, 0.3) is 0 Å². The van der Waals surface area contributed by atoms with Crippen molar-refractivity contribution in [2.24, 2.45) is 7.05 Å². The first-order valence-electron chi connectivity index (χ1n) is 5.31. The van der Waals surface area contributed by atoms with Gasteiger partial charge in [0, 0.05) is 25.4 Å². The molecular formula is C10H8N6O3. The number of nitrogens with zero attached hydrogens (tertiary/aromatic N) is 5. The summed E-state index contributed by atoms with van der Waals surface area (Å²) >= 11 is 0. The van der Waals surface area contributed by atoms with Gasteiger partial charge in [0.15, 0.2) is 11.3 Å². The molecule has 9 heteroatoms. The summed E-state index contributed by atoms with van der Waals surface area (Å²) in [4.78, 5) is 10.3. The first kappa shape index (κ1) is 11.1. The van der Waals surface area contributed by atoms with E-state index in [1.807, 2.05) is 0 Å². The van der Waals surface area contributed by atoms with Crippen molar-refractivity contribution in [2.45, 2.75) is 0 Å². The van der Waals surface area contributed by atoms with Crippen molar-refractivity contribution in [2.75, 3.05) is 5.32 Å². The van der Waals surface area contributed by atoms with Crippen LogP contribution in [0.25, 0.3) is 11.0 Å². The highest BCUT2D eigenvalue weighted by Crippen LogP contribution is 2.30. The number of aromatic nitrogens is 4. The summed E-state index contributed by atoms with van der Waals surface area (Å²) in [6.45, 7) is 0. The van der Waals surface area contributed by atoms with Gasteiger partial charge in [-0.3, -0.25) is 14.8 Å². The number of hydrogen-bond donors (Lipinski definition) is 1. The number of nitrogens with one attached hydrogen (secondary N) is 1. The zero-order valence-corrected chi connectivity index (χ0v) is 9.77. The van der Waals surface area contributed by atoms with E-state index in [-0.39, 0.29) is 11.2 Å². The molecule has 0 aliphatic rings. The van der Waals surface area contributed by atoms with Crippen molar-refractivity contribution < 1.29 is 9.55 Å². The van der Waals surface area contributed by atoms with Crippen LogP contribution in [-0.4, -0.2) is 25.0 Å². The summed E-state index contributed by atoms with van der Waals surface area (Å²) < 4.78 is 6.20. The summed E-state index contributed by atoms with van der Waals surface area (Å²) in [5.41, 5.74) is 0.786. The van der Waals surface area contributed by atoms with Crippen LogP contribution in [0.3, 0.4) is 0 Å². The smallest absolute Gasteiger partial charge is 0.300 e. The van der Waals surface area contributed by atoms with E-state index in [2.05, 4.69) is 25.4 Å². The van der Waals surface area contributed by atoms with Crippen LogP contribution < -0.4 is 5.32 Å². The summed E-state index contributed by atoms with van der Waals surface area (Å²) in [6, 6.07) is 4.65. The lowest BCUT2D eigenvalue weighted by Gasteiger charge is -2.02. The lowest BCUT2D eigenvalue weighted by Crippen LogP contribution is -1.96. The van der Waals surface area contributed by atoms with Crippen LogP contribution in [0.2, 0.25) is 0 Å². The molecule has 3 rings (SSSR count). The Balaban J connectivity index is 2.08. The SMILES string of the molecule is Cn1ccc(Nc2ccc([N+](=O)[O-])c3nonc23)n1. The molecule has 0 fully saturated rings. The topological polar surface area (TPSA) is 112 Å². The third kappa shape index (κ3) is 1.86. The highest BCUT2D eigenvalue weighted by atomic mass is 16.6. The maximum atomic E-state index is 10.8. The molecule has 0 aliphatic carbocycles. The number of benzene rings is 1. The van der Waals surface area contributed by atoms with E-state index in [0.717, 1.165) is 0 Å². The van der Waals surface area contributed by atoms with Crippen molar-refractivity contribution in [3.8, 4) is 0 Å². The molecule has 0 saturated heterocycles. The largest absolute Gasteiger partial charge is 0.337 e. The van der Waals surface area contributed by atoms with E-state index in [1.54, 1.807) is 30.1 Å². The molecule has 0 unspecified atom stereocenters. The molecule has 1 N–H and O–H groups in total. The van der Waals surface area contributed by atoms with Crippen LogP contribution in [0.1, 0.15) is 0 Å². The Morgan fingerprint density at radius 2 is 2.11 bits per heavy atom. The molecule has 1 aromatic carbocycles. The molecule has 0 bridgehead atoms. The standard InChI is InChI=1S/C10H8N6O3/c1-15-5-4-8(12-15)11-6-2-3-7(16(17)18)10-9(6)13-19-14-10/h2-5H,1H3,(H,11,12). The minimum atomic E-state index is -0.531. The van der Waals surface area contributed by atoms with Crippen molar-refractivity contribution in [1.82, 2.24) is 20.1 Å². The fourth-order valence-electron chi connectivity index (χ4n) is 1.72. The van der Waals surface area contributed by atoms with Crippen LogP contribution in [0.4, 0.5) is 17.2 Å². The second-order valence-electron chi connectivity index (χ2n) is 3.85. The Kier molecular flexibility index (Phi) is 2.37. The zero-order chi connectivity index (χ0) is 13.4. The Bertz CT molecular complexity index is 762. The van der Waals surface area contributed by atoms with E-state index in [1.165, 1.54) is 6.07 Å². The molecule has 19 heavy (non-hydrogen) atoms. The fourth-order valence-corrected chi connectivity index (χ4v) is 1.72. The van der Waals surface area contributed by atoms with Crippen molar-refractivity contribution in [1.29, 1.82) is 0 Å². The summed E-state index contributed by atoms with van der Waals surface area (Å²) in [7, 11) is 1.79. The third-order valence-electron chi connectivity index (χ3n) is 2.57. The number of nitro benzene ring substituents is 1. The average Bonchev–Trinajstić information content (AvgIpc) is 2.98. The van der Waals surface area contributed by atoms with Crippen LogP contribution in [0.15, 0.2) is 29.0 Å². The predicted molar refractivity (Wildman–Crippen MR) is 64.9 cm³/mol. The molecule has 0 spiro atoms. The van der Waals surface area contributed by atoms with E-state index in [9.17, 15) is 10.1 Å². The van der Waals surface area contributed by atoms with Crippen LogP contribution in [0, 0.1) is 10.1 Å². The second kappa shape index (κ2) is 4.05. The monoisotopic (exact) mass is 260 g/mol. The van der Waals surface area contributed by atoms with Crippen LogP contribution in [0.5, 0.6) is 0 Å². The minimum absolute atomic E-state index is 0.103. The third-order valence-corrected chi connectivity index (χ3v) is 2.57. The summed E-state index contributed by atoms with van der Waals surface area (Å²) in [6.07, 6.45) is 1.77. The first-order chi connectivity index (χ1) is 9.15. The molecule has 0 amide bonds. The molecule has 96 valence electrons. The van der Waals surface area contributed by atoms with Crippen molar-refractivity contribution >= 4 is 28.2 Å². The van der Waals surface area contributed by atoms with Gasteiger partial charge in [-0.05, 0) is 16.4 Å².